The van der Waals surface area contributed by atoms with E-state index in [1.807, 2.05) is 0 Å². The van der Waals surface area contributed by atoms with E-state index >= 15 is 0 Å². The predicted octanol–water partition coefficient (Wildman–Crippen LogP) is 11.1. The highest BCUT2D eigenvalue weighted by Crippen LogP contribution is 2.63. The second kappa shape index (κ2) is 13.8. The molecule has 0 aromatic heterocycles. The quantitative estimate of drug-likeness (QED) is 0.284. The molecule has 10 rings (SSSR count). The summed E-state index contributed by atoms with van der Waals surface area (Å²) in [5, 5.41) is 0. The number of anilines is 2. The molecule has 2 aromatic rings. The first kappa shape index (κ1) is 39.3. The van der Waals surface area contributed by atoms with Gasteiger partial charge in [0.2, 0.25) is 0 Å². The van der Waals surface area contributed by atoms with Crippen LogP contribution in [0.2, 0.25) is 5.82 Å². The van der Waals surface area contributed by atoms with Crippen molar-refractivity contribution in [2.75, 3.05) is 4.90 Å². The summed E-state index contributed by atoms with van der Waals surface area (Å²) in [5.74, 6) is 3.48. The van der Waals surface area contributed by atoms with Crippen molar-refractivity contribution in [3.05, 3.63) is 53.6 Å². The van der Waals surface area contributed by atoms with Crippen molar-refractivity contribution in [3.63, 3.8) is 0 Å². The number of rotatable bonds is 2. The first-order chi connectivity index (χ1) is 27.0. The maximum absolute atomic E-state index is 7.73. The first-order valence-corrected chi connectivity index (χ1v) is 23.7. The highest BCUT2D eigenvalue weighted by molar-refractivity contribution is 6.75. The molecule has 4 heterocycles. The second-order valence-corrected chi connectivity index (χ2v) is 24.0. The average molecular weight is 775 g/mol. The number of benzene rings is 2. The Morgan fingerprint density at radius 1 is 0.632 bits per heavy atom. The molecule has 4 aliphatic carbocycles. The molecule has 14 unspecified atom stereocenters. The standard InChI is InChI=1S/C51H75BN2O3/c1-29(2)30-16-22-37-39(24-30)53(34-20-17-31(18-21-34)49(3,4)5)40-26-33(51(9,10)11)25-35-36-28-44-47(56-42-15-13-12-14-41(42)55-44)48-46(36)54(52(37)45(35)40)38-23-19-32(50(6,7)8)27-43(38)57-48/h16-18,20-22,24,29,32-33,35-36,38,40-48H,12-15,19,23,25-28H2,1-11H3. The third-order valence-electron chi connectivity index (χ3n) is 17.5. The number of ether oxygens (including phenoxy) is 3. The monoisotopic (exact) mass is 775 g/mol. The van der Waals surface area contributed by atoms with Gasteiger partial charge in [-0.05, 0) is 138 Å². The molecule has 57 heavy (non-hydrogen) atoms. The van der Waals surface area contributed by atoms with Gasteiger partial charge in [0.15, 0.2) is 0 Å². The molecule has 0 spiro atoms. The topological polar surface area (TPSA) is 34.2 Å². The van der Waals surface area contributed by atoms with Gasteiger partial charge in [0.1, 0.15) is 12.2 Å². The average Bonchev–Trinajstić information content (AvgIpc) is 3.16. The molecule has 2 aromatic carbocycles. The van der Waals surface area contributed by atoms with Gasteiger partial charge in [0, 0.05) is 29.5 Å². The Balaban J connectivity index is 1.16. The smallest absolute Gasteiger partial charge is 0.266 e. The van der Waals surface area contributed by atoms with Gasteiger partial charge in [-0.15, -0.1) is 0 Å². The largest absolute Gasteiger partial charge is 0.369 e. The van der Waals surface area contributed by atoms with Crippen molar-refractivity contribution < 1.29 is 14.2 Å². The van der Waals surface area contributed by atoms with Gasteiger partial charge in [-0.25, -0.2) is 0 Å². The molecular formula is C51H75BN2O3. The highest BCUT2D eigenvalue weighted by Gasteiger charge is 2.69. The minimum atomic E-state index is 0.0302. The lowest BCUT2D eigenvalue weighted by molar-refractivity contribution is -0.310. The van der Waals surface area contributed by atoms with E-state index < -0.39 is 0 Å². The molecule has 310 valence electrons. The molecule has 0 bridgehead atoms. The molecule has 8 aliphatic rings. The van der Waals surface area contributed by atoms with Crippen LogP contribution in [0.25, 0.3) is 0 Å². The van der Waals surface area contributed by atoms with Crippen LogP contribution >= 0.6 is 0 Å². The first-order valence-electron chi connectivity index (χ1n) is 23.7. The molecule has 0 N–H and O–H groups in total. The van der Waals surface area contributed by atoms with Gasteiger partial charge in [0.05, 0.1) is 24.4 Å². The minimum absolute atomic E-state index is 0.0302. The lowest BCUT2D eigenvalue weighted by Gasteiger charge is -2.70. The molecule has 0 radical (unpaired) electrons. The van der Waals surface area contributed by atoms with E-state index in [0.717, 1.165) is 25.7 Å². The van der Waals surface area contributed by atoms with Crippen molar-refractivity contribution in [3.8, 4) is 0 Å². The third kappa shape index (κ3) is 6.44. The molecule has 3 saturated heterocycles. The molecule has 14 atom stereocenters. The van der Waals surface area contributed by atoms with E-state index in [9.17, 15) is 0 Å². The van der Waals surface area contributed by atoms with Crippen LogP contribution in [-0.2, 0) is 19.6 Å². The van der Waals surface area contributed by atoms with Crippen LogP contribution in [0.15, 0.2) is 42.5 Å². The molecule has 6 heteroatoms. The summed E-state index contributed by atoms with van der Waals surface area (Å²) >= 11 is 0. The molecule has 4 saturated carbocycles. The fourth-order valence-corrected chi connectivity index (χ4v) is 14.3. The lowest BCUT2D eigenvalue weighted by atomic mass is 9.30. The summed E-state index contributed by atoms with van der Waals surface area (Å²) in [6.07, 6.45) is 13.1. The van der Waals surface area contributed by atoms with Crippen molar-refractivity contribution in [1.29, 1.82) is 0 Å². The van der Waals surface area contributed by atoms with Gasteiger partial charge in [-0.1, -0.05) is 113 Å². The highest BCUT2D eigenvalue weighted by atomic mass is 16.6. The van der Waals surface area contributed by atoms with E-state index in [1.165, 1.54) is 61.0 Å². The van der Waals surface area contributed by atoms with Crippen LogP contribution in [-0.4, -0.2) is 66.4 Å². The van der Waals surface area contributed by atoms with Gasteiger partial charge in [-0.2, -0.15) is 0 Å². The Labute approximate surface area is 346 Å². The molecule has 7 fully saturated rings. The number of hydrogen-bond donors (Lipinski definition) is 0. The zero-order valence-corrected chi connectivity index (χ0v) is 37.5. The SMILES string of the molecule is CC(C)c1ccc2c(c1)N(c1ccc(C(C)(C)C)cc1)C1CC(C(C)(C)C)CC3C4CC5OC6CCCCC6OC5C5OC6CC(C(C)(C)C)CCC6N(B2C31)C45. The van der Waals surface area contributed by atoms with Gasteiger partial charge >= 0.3 is 0 Å². The fourth-order valence-electron chi connectivity index (χ4n) is 14.3. The molecule has 0 amide bonds. The zero-order chi connectivity index (χ0) is 39.9. The summed E-state index contributed by atoms with van der Waals surface area (Å²) in [5.41, 5.74) is 7.92. The van der Waals surface area contributed by atoms with Crippen molar-refractivity contribution in [2.24, 2.45) is 34.5 Å². The zero-order valence-electron chi connectivity index (χ0n) is 37.5. The van der Waals surface area contributed by atoms with Crippen LogP contribution in [0.1, 0.15) is 157 Å². The van der Waals surface area contributed by atoms with Crippen molar-refractivity contribution >= 4 is 23.7 Å². The van der Waals surface area contributed by atoms with E-state index in [1.54, 1.807) is 5.46 Å². The van der Waals surface area contributed by atoms with Crippen LogP contribution in [0, 0.1) is 34.5 Å². The fraction of sp³-hybridized carbons (Fsp3) is 0.765. The van der Waals surface area contributed by atoms with E-state index in [2.05, 4.69) is 128 Å². The number of fused-ring (bicyclic) bond motifs is 9. The van der Waals surface area contributed by atoms with Gasteiger partial charge in [-0.3, -0.25) is 0 Å². The van der Waals surface area contributed by atoms with Crippen molar-refractivity contribution in [2.45, 2.75) is 212 Å². The maximum atomic E-state index is 7.73. The van der Waals surface area contributed by atoms with Gasteiger partial charge in [0.25, 0.3) is 6.85 Å². The Kier molecular flexibility index (Phi) is 9.54. The van der Waals surface area contributed by atoms with Crippen molar-refractivity contribution in [1.82, 2.24) is 4.81 Å². The van der Waals surface area contributed by atoms with Crippen LogP contribution in [0.4, 0.5) is 11.4 Å². The Bertz CT molecular complexity index is 1810. The summed E-state index contributed by atoms with van der Waals surface area (Å²) in [6.45, 7) is 27.2. The lowest BCUT2D eigenvalue weighted by Crippen LogP contribution is -2.82. The minimum Gasteiger partial charge on any atom is -0.369 e. The second-order valence-electron chi connectivity index (χ2n) is 24.0. The number of nitrogens with zero attached hydrogens (tertiary/aromatic N) is 2. The van der Waals surface area contributed by atoms with E-state index in [4.69, 9.17) is 14.2 Å². The number of hydrogen-bond acceptors (Lipinski definition) is 5. The number of morpholine rings is 1. The van der Waals surface area contributed by atoms with Crippen LogP contribution in [0.5, 0.6) is 0 Å². The Hall–Kier alpha value is -1.86. The van der Waals surface area contributed by atoms with Gasteiger partial charge < -0.3 is 23.9 Å². The normalized spacial score (nSPS) is 40.4. The summed E-state index contributed by atoms with van der Waals surface area (Å²) in [4.78, 5) is 6.08. The van der Waals surface area contributed by atoms with Crippen LogP contribution in [0.3, 0.4) is 0 Å². The molecule has 5 nitrogen and oxygen atoms in total. The Morgan fingerprint density at radius 2 is 1.32 bits per heavy atom. The predicted molar refractivity (Wildman–Crippen MR) is 235 cm³/mol. The summed E-state index contributed by atoms with van der Waals surface area (Å²) < 4.78 is 22.4. The molecular weight excluding hydrogens is 699 g/mol. The van der Waals surface area contributed by atoms with E-state index in [-0.39, 0.29) is 52.9 Å². The van der Waals surface area contributed by atoms with E-state index in [0.29, 0.717) is 60.4 Å². The third-order valence-corrected chi connectivity index (χ3v) is 17.5. The maximum Gasteiger partial charge on any atom is 0.266 e. The summed E-state index contributed by atoms with van der Waals surface area (Å²) in [7, 11) is 0. The Morgan fingerprint density at radius 3 is 1.98 bits per heavy atom. The molecule has 4 aliphatic heterocycles. The summed E-state index contributed by atoms with van der Waals surface area (Å²) in [6, 6.07) is 18.8. The van der Waals surface area contributed by atoms with Crippen LogP contribution < -0.4 is 10.4 Å².